The topological polar surface area (TPSA) is 64.9 Å². The number of tetrazole rings is 1. The number of ether oxygens (including phenoxy) is 1. The number of rotatable bonds is 8. The summed E-state index contributed by atoms with van der Waals surface area (Å²) in [7, 11) is 0. The van der Waals surface area contributed by atoms with Gasteiger partial charge in [0.1, 0.15) is 5.75 Å². The maximum Gasteiger partial charge on any atom is 0.243 e. The second-order valence-corrected chi connectivity index (χ2v) is 5.39. The van der Waals surface area contributed by atoms with E-state index in [-0.39, 0.29) is 0 Å². The van der Waals surface area contributed by atoms with Gasteiger partial charge in [0.05, 0.1) is 18.2 Å². The highest BCUT2D eigenvalue weighted by Crippen LogP contribution is 2.33. The third-order valence-electron chi connectivity index (χ3n) is 2.81. The minimum absolute atomic E-state index is 0.441. The Hall–Kier alpha value is -1.79. The maximum atomic E-state index is 6.22. The summed E-state index contributed by atoms with van der Waals surface area (Å²) in [6.07, 6.45) is 2.61. The molecule has 2 aromatic rings. The third-order valence-corrected chi connectivity index (χ3v) is 3.31. The Morgan fingerprint density at radius 2 is 2.23 bits per heavy atom. The lowest BCUT2D eigenvalue weighted by Crippen LogP contribution is -2.10. The summed E-state index contributed by atoms with van der Waals surface area (Å²) in [5, 5.41) is 15.6. The van der Waals surface area contributed by atoms with E-state index in [4.69, 9.17) is 27.9 Å². The monoisotopic (exact) mass is 341 g/mol. The normalized spacial score (nSPS) is 10.5. The summed E-state index contributed by atoms with van der Waals surface area (Å²) in [6, 6.07) is 3.48. The van der Waals surface area contributed by atoms with Crippen molar-refractivity contribution in [3.8, 4) is 5.75 Å². The number of benzene rings is 1. The van der Waals surface area contributed by atoms with Crippen LogP contribution in [0.3, 0.4) is 0 Å². The average molecular weight is 342 g/mol. The molecule has 2 rings (SSSR count). The molecule has 8 heteroatoms. The van der Waals surface area contributed by atoms with Gasteiger partial charge in [-0.3, -0.25) is 0 Å². The average Bonchev–Trinajstić information content (AvgIpc) is 2.91. The molecular weight excluding hydrogens is 325 g/mol. The van der Waals surface area contributed by atoms with Gasteiger partial charge in [-0.05, 0) is 29.0 Å². The van der Waals surface area contributed by atoms with Crippen LogP contribution in [0.4, 0.5) is 5.95 Å². The van der Waals surface area contributed by atoms with E-state index >= 15 is 0 Å². The fourth-order valence-electron chi connectivity index (χ4n) is 1.86. The van der Waals surface area contributed by atoms with E-state index in [9.17, 15) is 0 Å². The highest BCUT2D eigenvalue weighted by Gasteiger charge is 2.12. The Kier molecular flexibility index (Phi) is 6.03. The Morgan fingerprint density at radius 3 is 2.95 bits per heavy atom. The molecule has 0 unspecified atom stereocenters. The molecule has 0 aliphatic rings. The van der Waals surface area contributed by atoms with Crippen LogP contribution in [0.5, 0.6) is 5.75 Å². The molecule has 1 aromatic heterocycles. The van der Waals surface area contributed by atoms with Gasteiger partial charge in [0.2, 0.25) is 5.95 Å². The zero-order valence-electron chi connectivity index (χ0n) is 12.2. The minimum Gasteiger partial charge on any atom is -0.492 e. The number of aromatic nitrogens is 4. The van der Waals surface area contributed by atoms with Crippen LogP contribution in [0.1, 0.15) is 18.9 Å². The summed E-state index contributed by atoms with van der Waals surface area (Å²) in [5.74, 6) is 1.17. The van der Waals surface area contributed by atoms with Crippen molar-refractivity contribution in [3.63, 3.8) is 0 Å². The molecule has 0 atom stereocenters. The fraction of sp³-hybridized carbons (Fsp3) is 0.357. The second-order valence-electron chi connectivity index (χ2n) is 4.55. The zero-order valence-corrected chi connectivity index (χ0v) is 13.7. The molecule has 0 amide bonds. The van der Waals surface area contributed by atoms with Crippen LogP contribution in [-0.2, 0) is 13.1 Å². The Balaban J connectivity index is 2.17. The van der Waals surface area contributed by atoms with Crippen molar-refractivity contribution in [2.45, 2.75) is 26.4 Å². The number of hydrogen-bond donors (Lipinski definition) is 1. The van der Waals surface area contributed by atoms with Gasteiger partial charge in [-0.1, -0.05) is 41.3 Å². The molecule has 0 saturated carbocycles. The SMILES string of the molecule is C=CCn1nnnc1NCc1cc(Cl)cc(Cl)c1OCCC. The zero-order chi connectivity index (χ0) is 15.9. The van der Waals surface area contributed by atoms with Gasteiger partial charge in [0, 0.05) is 17.1 Å². The largest absolute Gasteiger partial charge is 0.492 e. The third kappa shape index (κ3) is 4.11. The first-order chi connectivity index (χ1) is 10.7. The Bertz CT molecular complexity index is 644. The predicted molar refractivity (Wildman–Crippen MR) is 87.6 cm³/mol. The maximum absolute atomic E-state index is 6.22. The molecule has 0 aliphatic heterocycles. The summed E-state index contributed by atoms with van der Waals surface area (Å²) >= 11 is 12.3. The van der Waals surface area contributed by atoms with Crippen molar-refractivity contribution in [1.29, 1.82) is 0 Å². The number of halogens is 2. The van der Waals surface area contributed by atoms with Crippen LogP contribution in [0.25, 0.3) is 0 Å². The van der Waals surface area contributed by atoms with Crippen molar-refractivity contribution in [3.05, 3.63) is 40.4 Å². The molecule has 0 aliphatic carbocycles. The number of nitrogens with one attached hydrogen (secondary N) is 1. The number of anilines is 1. The van der Waals surface area contributed by atoms with Crippen LogP contribution in [0, 0.1) is 0 Å². The number of allylic oxidation sites excluding steroid dienone is 1. The van der Waals surface area contributed by atoms with Gasteiger partial charge in [-0.2, -0.15) is 0 Å². The lowest BCUT2D eigenvalue weighted by molar-refractivity contribution is 0.314. The van der Waals surface area contributed by atoms with Gasteiger partial charge >= 0.3 is 0 Å². The molecule has 0 bridgehead atoms. The first-order valence-corrected chi connectivity index (χ1v) is 7.63. The van der Waals surface area contributed by atoms with Gasteiger partial charge < -0.3 is 10.1 Å². The minimum atomic E-state index is 0.441. The molecule has 118 valence electrons. The second kappa shape index (κ2) is 8.00. The first-order valence-electron chi connectivity index (χ1n) is 6.87. The van der Waals surface area contributed by atoms with E-state index in [1.165, 1.54) is 0 Å². The van der Waals surface area contributed by atoms with Crippen LogP contribution < -0.4 is 10.1 Å². The molecule has 1 aromatic carbocycles. The molecule has 22 heavy (non-hydrogen) atoms. The van der Waals surface area contributed by atoms with Gasteiger partial charge in [-0.15, -0.1) is 6.58 Å². The summed E-state index contributed by atoms with van der Waals surface area (Å²) in [6.45, 7) is 7.25. The van der Waals surface area contributed by atoms with Crippen LogP contribution in [-0.4, -0.2) is 26.8 Å². The van der Waals surface area contributed by atoms with Gasteiger partial charge in [0.25, 0.3) is 0 Å². The molecule has 1 heterocycles. The summed E-state index contributed by atoms with van der Waals surface area (Å²) in [4.78, 5) is 0. The van der Waals surface area contributed by atoms with E-state index in [0.29, 0.717) is 41.4 Å². The summed E-state index contributed by atoms with van der Waals surface area (Å²) < 4.78 is 7.32. The standard InChI is InChI=1S/C14H17Cl2N5O/c1-3-5-21-14(18-19-20-21)17-9-10-7-11(15)8-12(16)13(10)22-6-4-2/h3,7-8H,1,4-6,9H2,2H3,(H,17,18,20). The predicted octanol–water partition coefficient (Wildman–Crippen LogP) is 3.57. The molecule has 6 nitrogen and oxygen atoms in total. The van der Waals surface area contributed by atoms with E-state index in [1.807, 2.05) is 13.0 Å². The molecule has 1 N–H and O–H groups in total. The molecular formula is C14H17Cl2N5O. The lowest BCUT2D eigenvalue weighted by Gasteiger charge is -2.14. The van der Waals surface area contributed by atoms with Crippen molar-refractivity contribution in [1.82, 2.24) is 20.2 Å². The van der Waals surface area contributed by atoms with Crippen LogP contribution in [0.15, 0.2) is 24.8 Å². The fourth-order valence-corrected chi connectivity index (χ4v) is 2.45. The first kappa shape index (κ1) is 16.6. The van der Waals surface area contributed by atoms with E-state index in [0.717, 1.165) is 12.0 Å². The Labute approximate surface area is 139 Å². The van der Waals surface area contributed by atoms with E-state index in [2.05, 4.69) is 27.4 Å². The smallest absolute Gasteiger partial charge is 0.243 e. The molecule has 0 saturated heterocycles. The van der Waals surface area contributed by atoms with Gasteiger partial charge in [0.15, 0.2) is 0 Å². The molecule has 0 radical (unpaired) electrons. The van der Waals surface area contributed by atoms with Crippen molar-refractivity contribution in [2.24, 2.45) is 0 Å². The quantitative estimate of drug-likeness (QED) is 0.743. The van der Waals surface area contributed by atoms with Crippen LogP contribution >= 0.6 is 23.2 Å². The highest BCUT2D eigenvalue weighted by atomic mass is 35.5. The number of hydrogen-bond acceptors (Lipinski definition) is 5. The number of nitrogens with zero attached hydrogens (tertiary/aromatic N) is 4. The van der Waals surface area contributed by atoms with Crippen molar-refractivity contribution < 1.29 is 4.74 Å². The van der Waals surface area contributed by atoms with Gasteiger partial charge in [-0.25, -0.2) is 4.68 Å². The molecule has 0 fully saturated rings. The Morgan fingerprint density at radius 1 is 1.41 bits per heavy atom. The van der Waals surface area contributed by atoms with Crippen molar-refractivity contribution >= 4 is 29.2 Å². The van der Waals surface area contributed by atoms with Crippen LogP contribution in [0.2, 0.25) is 10.0 Å². The molecule has 0 spiro atoms. The van der Waals surface area contributed by atoms with E-state index in [1.54, 1.807) is 16.8 Å². The summed E-state index contributed by atoms with van der Waals surface area (Å²) in [5.41, 5.74) is 0.846. The highest BCUT2D eigenvalue weighted by molar-refractivity contribution is 6.35. The van der Waals surface area contributed by atoms with E-state index < -0.39 is 0 Å². The van der Waals surface area contributed by atoms with Crippen molar-refractivity contribution in [2.75, 3.05) is 11.9 Å². The lowest BCUT2D eigenvalue weighted by atomic mass is 10.2.